The molecule has 3 atom stereocenters. The zero-order chi connectivity index (χ0) is 21.0. The third-order valence-electron chi connectivity index (χ3n) is 5.78. The summed E-state index contributed by atoms with van der Waals surface area (Å²) in [7, 11) is -7.74. The van der Waals surface area contributed by atoms with Crippen LogP contribution in [-0.2, 0) is 24.8 Å². The van der Waals surface area contributed by atoms with Gasteiger partial charge in [-0.2, -0.15) is 4.31 Å². The van der Waals surface area contributed by atoms with Gasteiger partial charge in [0.2, 0.25) is 15.9 Å². The second-order valence-corrected chi connectivity index (χ2v) is 11.3. The van der Waals surface area contributed by atoms with Crippen molar-refractivity contribution in [3.63, 3.8) is 0 Å². The zero-order valence-electron chi connectivity index (χ0n) is 16.2. The van der Waals surface area contributed by atoms with Crippen LogP contribution in [0.5, 0.6) is 0 Å². The van der Waals surface area contributed by atoms with Gasteiger partial charge >= 0.3 is 0 Å². The van der Waals surface area contributed by atoms with Gasteiger partial charge in [0.1, 0.15) is 4.90 Å². The molecule has 0 spiro atoms. The highest BCUT2D eigenvalue weighted by atomic mass is 32.2. The lowest BCUT2D eigenvalue weighted by Gasteiger charge is -2.25. The highest BCUT2D eigenvalue weighted by Gasteiger charge is 2.59. The Morgan fingerprint density at radius 1 is 1.14 bits per heavy atom. The van der Waals surface area contributed by atoms with Gasteiger partial charge < -0.3 is 0 Å². The van der Waals surface area contributed by atoms with Gasteiger partial charge in [-0.05, 0) is 25.0 Å². The Balaban J connectivity index is 1.85. The number of carbonyl (C=O) groups is 1. The van der Waals surface area contributed by atoms with Gasteiger partial charge in [-0.25, -0.2) is 21.1 Å². The van der Waals surface area contributed by atoms with Crippen LogP contribution < -0.4 is 0 Å². The molecule has 2 aliphatic heterocycles. The van der Waals surface area contributed by atoms with Crippen LogP contribution in [0.15, 0.2) is 41.4 Å². The number of sulfonamides is 2. The van der Waals surface area contributed by atoms with Gasteiger partial charge in [-0.1, -0.05) is 31.5 Å². The minimum absolute atomic E-state index is 0.0299. The van der Waals surface area contributed by atoms with Gasteiger partial charge in [-0.3, -0.25) is 9.78 Å². The molecule has 0 saturated carbocycles. The third kappa shape index (κ3) is 3.13. The molecular weight excluding hydrogens is 414 g/mol. The van der Waals surface area contributed by atoms with Gasteiger partial charge in [0, 0.05) is 18.1 Å². The first-order chi connectivity index (χ1) is 13.7. The number of nitrogens with zero attached hydrogens (tertiary/aromatic N) is 3. The molecule has 2 aliphatic rings. The lowest BCUT2D eigenvalue weighted by molar-refractivity contribution is -0.128. The van der Waals surface area contributed by atoms with Crippen molar-refractivity contribution in [2.75, 3.05) is 12.8 Å². The Morgan fingerprint density at radius 2 is 1.86 bits per heavy atom. The van der Waals surface area contributed by atoms with Crippen LogP contribution in [0, 0.1) is 5.92 Å². The number of hydrogen-bond acceptors (Lipinski definition) is 6. The summed E-state index contributed by atoms with van der Waals surface area (Å²) in [6, 6.07) is 6.95. The van der Waals surface area contributed by atoms with Crippen LogP contribution in [0.2, 0.25) is 0 Å². The van der Waals surface area contributed by atoms with E-state index in [1.807, 2.05) is 6.92 Å². The number of rotatable bonds is 5. The Hall–Kier alpha value is -2.04. The Morgan fingerprint density at radius 3 is 2.55 bits per heavy atom. The van der Waals surface area contributed by atoms with Crippen LogP contribution in [-0.4, -0.2) is 61.2 Å². The average Bonchev–Trinajstić information content (AvgIpc) is 3.20. The number of carbonyl (C=O) groups excluding carboxylic acids is 1. The standard InChI is InChI=1S/C19H23N3O5S2/c1-3-6-14-18-15(10-12-21(18)28(2,24)25)22(19(14)23)29(26,27)16-9-4-7-13-8-5-11-20-17(13)16/h4-5,7-9,11,14-15,18H,3,6,10,12H2,1-2H3. The first kappa shape index (κ1) is 20.2. The second-order valence-electron chi connectivity index (χ2n) is 7.59. The Bertz CT molecular complexity index is 1170. The molecule has 2 aromatic rings. The molecule has 0 aliphatic carbocycles. The fraction of sp³-hybridized carbons (Fsp3) is 0.474. The lowest BCUT2D eigenvalue weighted by Crippen LogP contribution is -2.43. The summed E-state index contributed by atoms with van der Waals surface area (Å²) in [5.41, 5.74) is 0.302. The van der Waals surface area contributed by atoms with Crippen molar-refractivity contribution in [2.45, 2.75) is 43.2 Å². The predicted molar refractivity (Wildman–Crippen MR) is 108 cm³/mol. The first-order valence-corrected chi connectivity index (χ1v) is 12.9. The second kappa shape index (κ2) is 7.03. The summed E-state index contributed by atoms with van der Waals surface area (Å²) in [6.07, 6.45) is 4.00. The first-order valence-electron chi connectivity index (χ1n) is 9.56. The molecule has 4 rings (SSSR count). The molecule has 0 radical (unpaired) electrons. The lowest BCUT2D eigenvalue weighted by atomic mass is 9.95. The maximum absolute atomic E-state index is 13.6. The summed E-state index contributed by atoms with van der Waals surface area (Å²) in [5, 5.41) is 0.658. The van der Waals surface area contributed by atoms with E-state index in [1.54, 1.807) is 24.3 Å². The number of benzene rings is 1. The normalized spacial score (nSPS) is 25.7. The van der Waals surface area contributed by atoms with Gasteiger partial charge in [-0.15, -0.1) is 0 Å². The number of para-hydroxylation sites is 1. The van der Waals surface area contributed by atoms with Crippen LogP contribution in [0.4, 0.5) is 0 Å². The minimum Gasteiger partial charge on any atom is -0.273 e. The highest BCUT2D eigenvalue weighted by molar-refractivity contribution is 7.90. The van der Waals surface area contributed by atoms with E-state index in [-0.39, 0.29) is 11.4 Å². The molecule has 3 heterocycles. The van der Waals surface area contributed by atoms with E-state index in [1.165, 1.54) is 16.6 Å². The summed E-state index contributed by atoms with van der Waals surface area (Å²) in [4.78, 5) is 17.4. The quantitative estimate of drug-likeness (QED) is 0.703. The fourth-order valence-corrected chi connectivity index (χ4v) is 7.65. The number of aromatic nitrogens is 1. The number of fused-ring (bicyclic) bond motifs is 2. The van der Waals surface area contributed by atoms with E-state index in [0.29, 0.717) is 30.2 Å². The van der Waals surface area contributed by atoms with Crippen LogP contribution >= 0.6 is 0 Å². The van der Waals surface area contributed by atoms with Crippen LogP contribution in [0.1, 0.15) is 26.2 Å². The maximum Gasteiger partial charge on any atom is 0.268 e. The van der Waals surface area contributed by atoms with E-state index in [4.69, 9.17) is 0 Å². The summed E-state index contributed by atoms with van der Waals surface area (Å²) in [6.45, 7) is 2.11. The summed E-state index contributed by atoms with van der Waals surface area (Å²) < 4.78 is 54.0. The number of amides is 1. The molecule has 0 N–H and O–H groups in total. The van der Waals surface area contributed by atoms with E-state index < -0.39 is 44.0 Å². The molecule has 8 nitrogen and oxygen atoms in total. The van der Waals surface area contributed by atoms with Gasteiger partial charge in [0.25, 0.3) is 10.0 Å². The van der Waals surface area contributed by atoms with Crippen LogP contribution in [0.3, 0.4) is 0 Å². The molecule has 2 saturated heterocycles. The molecule has 1 aromatic heterocycles. The summed E-state index contributed by atoms with van der Waals surface area (Å²) >= 11 is 0. The van der Waals surface area contributed by atoms with E-state index in [0.717, 1.165) is 10.6 Å². The molecule has 0 bridgehead atoms. The topological polar surface area (TPSA) is 105 Å². The fourth-order valence-electron chi connectivity index (χ4n) is 4.65. The molecule has 1 amide bonds. The van der Waals surface area contributed by atoms with Crippen LogP contribution in [0.25, 0.3) is 10.9 Å². The van der Waals surface area contributed by atoms with Crippen molar-refractivity contribution >= 4 is 36.9 Å². The largest absolute Gasteiger partial charge is 0.273 e. The smallest absolute Gasteiger partial charge is 0.268 e. The monoisotopic (exact) mass is 437 g/mol. The molecule has 3 unspecified atom stereocenters. The third-order valence-corrected chi connectivity index (χ3v) is 8.91. The molecule has 29 heavy (non-hydrogen) atoms. The molecule has 156 valence electrons. The van der Waals surface area contributed by atoms with Crippen molar-refractivity contribution in [1.82, 2.24) is 13.6 Å². The molecule has 10 heteroatoms. The number of pyridine rings is 1. The molecular formula is C19H23N3O5S2. The maximum atomic E-state index is 13.6. The zero-order valence-corrected chi connectivity index (χ0v) is 17.9. The predicted octanol–water partition coefficient (Wildman–Crippen LogP) is 1.58. The van der Waals surface area contributed by atoms with E-state index in [9.17, 15) is 21.6 Å². The van der Waals surface area contributed by atoms with Crippen molar-refractivity contribution < 1.29 is 21.6 Å². The summed E-state index contributed by atoms with van der Waals surface area (Å²) in [5.74, 6) is -1.19. The van der Waals surface area contributed by atoms with E-state index in [2.05, 4.69) is 4.98 Å². The van der Waals surface area contributed by atoms with E-state index >= 15 is 0 Å². The van der Waals surface area contributed by atoms with Crippen molar-refractivity contribution in [2.24, 2.45) is 5.92 Å². The SMILES string of the molecule is CCCC1C(=O)N(S(=O)(=O)c2cccc3cccnc23)C2CCN(S(C)(=O)=O)C12. The average molecular weight is 438 g/mol. The van der Waals surface area contributed by atoms with Crippen molar-refractivity contribution in [3.05, 3.63) is 36.5 Å². The van der Waals surface area contributed by atoms with Crippen molar-refractivity contribution in [3.8, 4) is 0 Å². The molecule has 2 fully saturated rings. The highest BCUT2D eigenvalue weighted by Crippen LogP contribution is 2.43. The van der Waals surface area contributed by atoms with Gasteiger partial charge in [0.05, 0.1) is 29.8 Å². The Kier molecular flexibility index (Phi) is 4.91. The Labute approximate surface area is 170 Å². The van der Waals surface area contributed by atoms with Crippen molar-refractivity contribution in [1.29, 1.82) is 0 Å². The van der Waals surface area contributed by atoms with Gasteiger partial charge in [0.15, 0.2) is 0 Å². The minimum atomic E-state index is -4.19. The molecule has 1 aromatic carbocycles. The number of hydrogen-bond donors (Lipinski definition) is 0.